The van der Waals surface area contributed by atoms with Gasteiger partial charge in [-0.3, -0.25) is 5.43 Å². The van der Waals surface area contributed by atoms with Crippen LogP contribution in [-0.2, 0) is 0 Å². The van der Waals surface area contributed by atoms with Gasteiger partial charge in [0.05, 0.1) is 4.70 Å². The number of fused-ring (bicyclic) bond motifs is 1. The second kappa shape index (κ2) is 3.69. The number of hydrogen-bond acceptors (Lipinski definition) is 5. The van der Waals surface area contributed by atoms with Crippen molar-refractivity contribution in [2.75, 3.05) is 12.5 Å². The second-order valence-corrected chi connectivity index (χ2v) is 3.33. The molecule has 0 fully saturated rings. The molecule has 0 aliphatic carbocycles. The lowest BCUT2D eigenvalue weighted by Gasteiger charge is -2.02. The zero-order chi connectivity index (χ0) is 9.10. The van der Waals surface area contributed by atoms with Gasteiger partial charge in [0.1, 0.15) is 0 Å². The van der Waals surface area contributed by atoms with Gasteiger partial charge in [-0.1, -0.05) is 12.1 Å². The van der Waals surface area contributed by atoms with E-state index in [1.165, 1.54) is 16.2 Å². The van der Waals surface area contributed by atoms with Crippen LogP contribution < -0.4 is 16.4 Å². The first kappa shape index (κ1) is 8.43. The predicted octanol–water partition coefficient (Wildman–Crippen LogP) is 1.35. The first-order chi connectivity index (χ1) is 6.42. The molecule has 0 atom stereocenters. The van der Waals surface area contributed by atoms with Crippen LogP contribution in [0.2, 0.25) is 0 Å². The first-order valence-electron chi connectivity index (χ1n) is 3.94. The normalized spacial score (nSPS) is 10.5. The first-order valence-corrected chi connectivity index (χ1v) is 4.71. The lowest BCUT2D eigenvalue weighted by molar-refractivity contribution is 0.677. The monoisotopic (exact) mass is 194 g/mol. The van der Waals surface area contributed by atoms with Crippen molar-refractivity contribution >= 4 is 27.4 Å². The molecule has 1 aromatic carbocycles. The van der Waals surface area contributed by atoms with E-state index < -0.39 is 0 Å². The van der Waals surface area contributed by atoms with Crippen LogP contribution in [0, 0.1) is 0 Å². The van der Waals surface area contributed by atoms with Crippen LogP contribution >= 0.6 is 11.5 Å². The van der Waals surface area contributed by atoms with E-state index >= 15 is 0 Å². The second-order valence-electron chi connectivity index (χ2n) is 2.53. The van der Waals surface area contributed by atoms with E-state index in [0.717, 1.165) is 11.2 Å². The molecule has 2 rings (SSSR count). The summed E-state index contributed by atoms with van der Waals surface area (Å²) in [4.78, 5) is 0. The summed E-state index contributed by atoms with van der Waals surface area (Å²) in [6.07, 6.45) is 0. The van der Waals surface area contributed by atoms with Crippen molar-refractivity contribution in [3.63, 3.8) is 0 Å². The summed E-state index contributed by atoms with van der Waals surface area (Å²) in [6.45, 7) is 0. The summed E-state index contributed by atoms with van der Waals surface area (Å²) in [5, 5.41) is 1.13. The third kappa shape index (κ3) is 1.62. The number of hydrogen-bond donors (Lipinski definition) is 3. The molecule has 2 aromatic rings. The molecular weight excluding hydrogens is 184 g/mol. The van der Waals surface area contributed by atoms with Gasteiger partial charge in [-0.2, -0.15) is 9.91 Å². The fraction of sp³-hybridized carbons (Fsp3) is 0.125. The molecule has 0 unspecified atom stereocenters. The van der Waals surface area contributed by atoms with Crippen molar-refractivity contribution in [2.24, 2.45) is 0 Å². The maximum atomic E-state index is 4.26. The van der Waals surface area contributed by atoms with Crippen molar-refractivity contribution in [3.05, 3.63) is 24.3 Å². The molecule has 5 heteroatoms. The zero-order valence-corrected chi connectivity index (χ0v) is 7.98. The molecule has 0 amide bonds. The molecule has 0 aliphatic rings. The Kier molecular flexibility index (Phi) is 2.40. The molecule has 0 saturated heterocycles. The molecule has 0 aliphatic heterocycles. The number of nitrogens with zero attached hydrogens (tertiary/aromatic N) is 1. The third-order valence-electron chi connectivity index (χ3n) is 1.68. The van der Waals surface area contributed by atoms with Crippen LogP contribution in [0.1, 0.15) is 0 Å². The van der Waals surface area contributed by atoms with E-state index in [1.54, 1.807) is 7.05 Å². The highest BCUT2D eigenvalue weighted by Gasteiger charge is 2.02. The Morgan fingerprint density at radius 3 is 3.00 bits per heavy atom. The highest BCUT2D eigenvalue weighted by molar-refractivity contribution is 7.13. The quantitative estimate of drug-likeness (QED) is 0.645. The Bertz CT molecular complexity index is 398. The fourth-order valence-corrected chi connectivity index (χ4v) is 1.83. The van der Waals surface area contributed by atoms with Gasteiger partial charge in [0.15, 0.2) is 5.82 Å². The van der Waals surface area contributed by atoms with Gasteiger partial charge < -0.3 is 0 Å². The molecule has 4 nitrogen and oxygen atoms in total. The van der Waals surface area contributed by atoms with Gasteiger partial charge in [-0.15, -0.1) is 0 Å². The average Bonchev–Trinajstić information content (AvgIpc) is 2.58. The van der Waals surface area contributed by atoms with Crippen LogP contribution in [0.3, 0.4) is 0 Å². The molecule has 0 radical (unpaired) electrons. The van der Waals surface area contributed by atoms with Gasteiger partial charge in [0.2, 0.25) is 0 Å². The van der Waals surface area contributed by atoms with Crippen molar-refractivity contribution < 1.29 is 0 Å². The van der Waals surface area contributed by atoms with E-state index in [0.29, 0.717) is 0 Å². The number of nitrogens with one attached hydrogen (secondary N) is 3. The largest absolute Gasteiger partial charge is 0.291 e. The average molecular weight is 194 g/mol. The summed E-state index contributed by atoms with van der Waals surface area (Å²) in [7, 11) is 1.79. The van der Waals surface area contributed by atoms with Crippen molar-refractivity contribution in [2.45, 2.75) is 0 Å². The van der Waals surface area contributed by atoms with E-state index in [-0.39, 0.29) is 0 Å². The van der Waals surface area contributed by atoms with Crippen LogP contribution in [0.25, 0.3) is 10.1 Å². The van der Waals surface area contributed by atoms with Crippen LogP contribution in [0.4, 0.5) is 5.82 Å². The van der Waals surface area contributed by atoms with E-state index in [9.17, 15) is 0 Å². The van der Waals surface area contributed by atoms with Crippen LogP contribution in [-0.4, -0.2) is 11.4 Å². The minimum Gasteiger partial charge on any atom is -0.291 e. The van der Waals surface area contributed by atoms with Gasteiger partial charge in [-0.25, -0.2) is 5.43 Å². The minimum atomic E-state index is 0.856. The fourth-order valence-electron chi connectivity index (χ4n) is 1.10. The third-order valence-corrected chi connectivity index (χ3v) is 2.51. The molecular formula is C8H10N4S. The molecule has 0 bridgehead atoms. The highest BCUT2D eigenvalue weighted by atomic mass is 32.1. The lowest BCUT2D eigenvalue weighted by Crippen LogP contribution is -2.33. The maximum absolute atomic E-state index is 4.26. The number of aromatic nitrogens is 1. The Labute approximate surface area is 80.1 Å². The Hall–Kier alpha value is -1.17. The molecule has 1 aromatic heterocycles. The van der Waals surface area contributed by atoms with Gasteiger partial charge in [0, 0.05) is 12.4 Å². The summed E-state index contributed by atoms with van der Waals surface area (Å²) < 4.78 is 5.44. The molecule has 1 heterocycles. The van der Waals surface area contributed by atoms with Crippen LogP contribution in [0.5, 0.6) is 0 Å². The summed E-state index contributed by atoms with van der Waals surface area (Å²) in [6, 6.07) is 8.10. The highest BCUT2D eigenvalue weighted by Crippen LogP contribution is 2.25. The van der Waals surface area contributed by atoms with E-state index in [4.69, 9.17) is 0 Å². The van der Waals surface area contributed by atoms with Gasteiger partial charge >= 0.3 is 0 Å². The standard InChI is InChI=1S/C8H10N4S/c1-9-12-10-8-6-4-2-3-5-7(6)13-11-8/h2-5,9,12H,1H3,(H,10,11). The van der Waals surface area contributed by atoms with Crippen molar-refractivity contribution in [1.29, 1.82) is 0 Å². The van der Waals surface area contributed by atoms with Crippen molar-refractivity contribution in [3.8, 4) is 0 Å². The number of benzene rings is 1. The molecule has 13 heavy (non-hydrogen) atoms. The molecule has 0 saturated carbocycles. The zero-order valence-electron chi connectivity index (χ0n) is 7.16. The topological polar surface area (TPSA) is 49.0 Å². The SMILES string of the molecule is CNNNc1nsc2ccccc12. The lowest BCUT2D eigenvalue weighted by atomic mass is 10.3. The molecule has 0 spiro atoms. The Balaban J connectivity index is 2.35. The van der Waals surface area contributed by atoms with E-state index in [2.05, 4.69) is 26.8 Å². The summed E-state index contributed by atoms with van der Waals surface area (Å²) in [5.41, 5.74) is 8.52. The van der Waals surface area contributed by atoms with E-state index in [1.807, 2.05) is 18.2 Å². The predicted molar refractivity (Wildman–Crippen MR) is 55.4 cm³/mol. The molecule has 3 N–H and O–H groups in total. The van der Waals surface area contributed by atoms with Crippen LogP contribution in [0.15, 0.2) is 24.3 Å². The minimum absolute atomic E-state index is 0.856. The number of hydrazine groups is 2. The Morgan fingerprint density at radius 2 is 2.15 bits per heavy atom. The Morgan fingerprint density at radius 1 is 1.31 bits per heavy atom. The smallest absolute Gasteiger partial charge is 0.162 e. The van der Waals surface area contributed by atoms with Gasteiger partial charge in [0.25, 0.3) is 0 Å². The maximum Gasteiger partial charge on any atom is 0.162 e. The number of anilines is 1. The number of rotatable bonds is 3. The van der Waals surface area contributed by atoms with Gasteiger partial charge in [-0.05, 0) is 23.7 Å². The van der Waals surface area contributed by atoms with Crippen molar-refractivity contribution in [1.82, 2.24) is 15.3 Å². The summed E-state index contributed by atoms with van der Waals surface area (Å²) >= 11 is 1.48. The summed E-state index contributed by atoms with van der Waals surface area (Å²) in [5.74, 6) is 0.856. The molecule has 68 valence electrons.